The van der Waals surface area contributed by atoms with Crippen LogP contribution in [-0.4, -0.2) is 13.0 Å². The predicted octanol–water partition coefficient (Wildman–Crippen LogP) is 4.68. The van der Waals surface area contributed by atoms with Crippen molar-refractivity contribution in [3.8, 4) is 0 Å². The Morgan fingerprint density at radius 2 is 1.64 bits per heavy atom. The summed E-state index contributed by atoms with van der Waals surface area (Å²) in [6.45, 7) is 1.69. The standard InChI is InChI=1S/C17H15N3O3S2/c1-10-8-12(25(21,22)23)3-6-16(10)19-20-17-7-5-15(18)13-4-2-11(24)9-14(13)17/h2-9,24H,18H2,1H3,(H,21,22,23). The van der Waals surface area contributed by atoms with Crippen LogP contribution in [0.4, 0.5) is 17.1 Å². The largest absolute Gasteiger partial charge is 0.398 e. The molecule has 0 radical (unpaired) electrons. The SMILES string of the molecule is Cc1cc(S(=O)(=O)O)ccc1N=Nc1ccc(N)c2ccc(S)cc12. The molecule has 3 aromatic carbocycles. The molecule has 128 valence electrons. The molecule has 0 aliphatic carbocycles. The van der Waals surface area contributed by atoms with Crippen LogP contribution < -0.4 is 5.73 Å². The molecule has 0 saturated carbocycles. The second-order valence-corrected chi connectivity index (χ2v) is 7.47. The maximum atomic E-state index is 11.2. The number of azo groups is 1. The van der Waals surface area contributed by atoms with E-state index in [2.05, 4.69) is 22.9 Å². The quantitative estimate of drug-likeness (QED) is 0.268. The molecule has 0 spiro atoms. The molecule has 3 aromatic rings. The Bertz CT molecular complexity index is 1110. The lowest BCUT2D eigenvalue weighted by Gasteiger charge is -2.06. The normalized spacial score (nSPS) is 12.1. The van der Waals surface area contributed by atoms with Crippen molar-refractivity contribution in [2.75, 3.05) is 5.73 Å². The summed E-state index contributed by atoms with van der Waals surface area (Å²) in [6.07, 6.45) is 0. The highest BCUT2D eigenvalue weighted by Gasteiger charge is 2.11. The Morgan fingerprint density at radius 1 is 0.960 bits per heavy atom. The molecule has 0 aromatic heterocycles. The minimum absolute atomic E-state index is 0.179. The molecule has 0 unspecified atom stereocenters. The Kier molecular flexibility index (Phi) is 4.51. The van der Waals surface area contributed by atoms with Gasteiger partial charge in [-0.3, -0.25) is 4.55 Å². The lowest BCUT2D eigenvalue weighted by Crippen LogP contribution is -1.97. The zero-order valence-electron chi connectivity index (χ0n) is 13.2. The van der Waals surface area contributed by atoms with Gasteiger partial charge in [-0.15, -0.1) is 17.7 Å². The Morgan fingerprint density at radius 3 is 2.32 bits per heavy atom. The third-order valence-electron chi connectivity index (χ3n) is 3.74. The van der Waals surface area contributed by atoms with E-state index in [-0.39, 0.29) is 4.90 Å². The smallest absolute Gasteiger partial charge is 0.294 e. The summed E-state index contributed by atoms with van der Waals surface area (Å²) in [5.41, 5.74) is 8.32. The van der Waals surface area contributed by atoms with Crippen molar-refractivity contribution in [2.45, 2.75) is 16.7 Å². The molecule has 25 heavy (non-hydrogen) atoms. The van der Waals surface area contributed by atoms with Crippen LogP contribution in [0.1, 0.15) is 5.56 Å². The molecular formula is C17H15N3O3S2. The second kappa shape index (κ2) is 6.47. The van der Waals surface area contributed by atoms with E-state index in [1.54, 1.807) is 19.1 Å². The molecule has 3 rings (SSSR count). The maximum Gasteiger partial charge on any atom is 0.294 e. The molecule has 8 heteroatoms. The Labute approximate surface area is 150 Å². The minimum atomic E-state index is -4.24. The van der Waals surface area contributed by atoms with E-state index in [1.165, 1.54) is 18.2 Å². The van der Waals surface area contributed by atoms with Crippen molar-refractivity contribution in [3.05, 3.63) is 54.1 Å². The molecule has 0 heterocycles. The number of nitrogens with two attached hydrogens (primary N) is 1. The highest BCUT2D eigenvalue weighted by molar-refractivity contribution is 7.85. The average molecular weight is 373 g/mol. The van der Waals surface area contributed by atoms with Gasteiger partial charge in [0.25, 0.3) is 10.1 Å². The maximum absolute atomic E-state index is 11.2. The summed E-state index contributed by atoms with van der Waals surface area (Å²) in [4.78, 5) is 0.602. The highest BCUT2D eigenvalue weighted by Crippen LogP contribution is 2.33. The van der Waals surface area contributed by atoms with E-state index in [4.69, 9.17) is 10.3 Å². The topological polar surface area (TPSA) is 105 Å². The molecule has 0 atom stereocenters. The van der Waals surface area contributed by atoms with Gasteiger partial charge in [-0.05, 0) is 55.0 Å². The molecule has 0 saturated heterocycles. The predicted molar refractivity (Wildman–Crippen MR) is 101 cm³/mol. The third kappa shape index (κ3) is 3.65. The van der Waals surface area contributed by atoms with Gasteiger partial charge < -0.3 is 5.73 Å². The molecular weight excluding hydrogens is 358 g/mol. The summed E-state index contributed by atoms with van der Waals surface area (Å²) in [5.74, 6) is 0. The van der Waals surface area contributed by atoms with Crippen LogP contribution in [0.15, 0.2) is 68.6 Å². The van der Waals surface area contributed by atoms with Gasteiger partial charge in [0, 0.05) is 21.4 Å². The van der Waals surface area contributed by atoms with Crippen LogP contribution in [0.3, 0.4) is 0 Å². The lowest BCUT2D eigenvalue weighted by atomic mass is 10.1. The first-order valence-electron chi connectivity index (χ1n) is 7.27. The number of fused-ring (bicyclic) bond motifs is 1. The fourth-order valence-corrected chi connectivity index (χ4v) is 3.21. The van der Waals surface area contributed by atoms with Crippen LogP contribution in [0.5, 0.6) is 0 Å². The molecule has 0 bridgehead atoms. The van der Waals surface area contributed by atoms with E-state index < -0.39 is 10.1 Å². The Balaban J connectivity index is 2.05. The van der Waals surface area contributed by atoms with E-state index >= 15 is 0 Å². The number of nitrogens with zero attached hydrogens (tertiary/aromatic N) is 2. The minimum Gasteiger partial charge on any atom is -0.398 e. The molecule has 0 amide bonds. The fourth-order valence-electron chi connectivity index (χ4n) is 2.44. The van der Waals surface area contributed by atoms with Crippen LogP contribution in [0.2, 0.25) is 0 Å². The molecule has 3 N–H and O–H groups in total. The van der Waals surface area contributed by atoms with Crippen molar-refractivity contribution in [1.29, 1.82) is 0 Å². The van der Waals surface area contributed by atoms with Crippen molar-refractivity contribution < 1.29 is 13.0 Å². The van der Waals surface area contributed by atoms with Gasteiger partial charge in [0.15, 0.2) is 0 Å². The number of thiol groups is 1. The lowest BCUT2D eigenvalue weighted by molar-refractivity contribution is 0.483. The van der Waals surface area contributed by atoms with E-state index in [0.717, 1.165) is 15.7 Å². The van der Waals surface area contributed by atoms with Crippen molar-refractivity contribution in [3.63, 3.8) is 0 Å². The van der Waals surface area contributed by atoms with Crippen LogP contribution >= 0.6 is 12.6 Å². The highest BCUT2D eigenvalue weighted by atomic mass is 32.2. The van der Waals surface area contributed by atoms with Gasteiger partial charge in [0.2, 0.25) is 0 Å². The summed E-state index contributed by atoms with van der Waals surface area (Å²) in [5, 5.41) is 10.1. The van der Waals surface area contributed by atoms with E-state index in [1.807, 2.05) is 18.2 Å². The zero-order valence-corrected chi connectivity index (χ0v) is 14.9. The number of anilines is 1. The van der Waals surface area contributed by atoms with Gasteiger partial charge in [0.05, 0.1) is 16.3 Å². The summed E-state index contributed by atoms with van der Waals surface area (Å²) in [7, 11) is -4.24. The van der Waals surface area contributed by atoms with Gasteiger partial charge >= 0.3 is 0 Å². The first-order valence-corrected chi connectivity index (χ1v) is 9.15. The van der Waals surface area contributed by atoms with E-state index in [0.29, 0.717) is 22.6 Å². The Hall–Kier alpha value is -2.42. The number of rotatable bonds is 3. The number of hydrogen-bond acceptors (Lipinski definition) is 6. The molecule has 0 aliphatic heterocycles. The van der Waals surface area contributed by atoms with Crippen molar-refractivity contribution in [2.24, 2.45) is 10.2 Å². The second-order valence-electron chi connectivity index (χ2n) is 5.53. The monoisotopic (exact) mass is 373 g/mol. The van der Waals surface area contributed by atoms with E-state index in [9.17, 15) is 8.42 Å². The van der Waals surface area contributed by atoms with Crippen molar-refractivity contribution >= 4 is 50.6 Å². The summed E-state index contributed by atoms with van der Waals surface area (Å²) >= 11 is 4.34. The zero-order chi connectivity index (χ0) is 18.2. The van der Waals surface area contributed by atoms with Crippen molar-refractivity contribution in [1.82, 2.24) is 0 Å². The number of benzene rings is 3. The average Bonchev–Trinajstić information content (AvgIpc) is 2.54. The van der Waals surface area contributed by atoms with Gasteiger partial charge in [0.1, 0.15) is 0 Å². The van der Waals surface area contributed by atoms with Gasteiger partial charge in [-0.2, -0.15) is 13.5 Å². The number of nitrogen functional groups attached to an aromatic ring is 1. The molecule has 0 aliphatic rings. The first kappa shape index (κ1) is 17.4. The van der Waals surface area contributed by atoms with Gasteiger partial charge in [-0.25, -0.2) is 0 Å². The van der Waals surface area contributed by atoms with Crippen LogP contribution in [-0.2, 0) is 10.1 Å². The van der Waals surface area contributed by atoms with Gasteiger partial charge in [-0.1, -0.05) is 6.07 Å². The molecule has 0 fully saturated rings. The number of hydrogen-bond donors (Lipinski definition) is 3. The van der Waals surface area contributed by atoms with Crippen LogP contribution in [0, 0.1) is 6.92 Å². The first-order chi connectivity index (χ1) is 11.8. The third-order valence-corrected chi connectivity index (χ3v) is 4.87. The molecule has 6 nitrogen and oxygen atoms in total. The summed E-state index contributed by atoms with van der Waals surface area (Å²) < 4.78 is 31.4. The number of aryl methyl sites for hydroxylation is 1. The van der Waals surface area contributed by atoms with Crippen LogP contribution in [0.25, 0.3) is 10.8 Å². The fraction of sp³-hybridized carbons (Fsp3) is 0.0588. The summed E-state index contributed by atoms with van der Waals surface area (Å²) in [6, 6.07) is 13.2.